The summed E-state index contributed by atoms with van der Waals surface area (Å²) < 4.78 is 5.45. The van der Waals surface area contributed by atoms with E-state index in [1.54, 1.807) is 0 Å². The summed E-state index contributed by atoms with van der Waals surface area (Å²) in [5, 5.41) is 1.22. The first kappa shape index (κ1) is 13.2. The van der Waals surface area contributed by atoms with Gasteiger partial charge in [-0.1, -0.05) is 44.2 Å². The summed E-state index contributed by atoms with van der Waals surface area (Å²) in [7, 11) is 0.973. The number of hydrogen-bond acceptors (Lipinski definition) is 1. The Hall–Kier alpha value is 0.207. The zero-order valence-electron chi connectivity index (χ0n) is 8.53. The van der Waals surface area contributed by atoms with Gasteiger partial charge in [0.25, 0.3) is 0 Å². The normalized spacial score (nSPS) is 10.7. The van der Waals surface area contributed by atoms with Crippen LogP contribution in [-0.4, -0.2) is 6.61 Å². The summed E-state index contributed by atoms with van der Waals surface area (Å²) in [5.41, 5.74) is 0. The fourth-order valence-electron chi connectivity index (χ4n) is 0.750. The van der Waals surface area contributed by atoms with E-state index in [2.05, 4.69) is 26.0 Å². The van der Waals surface area contributed by atoms with Gasteiger partial charge in [-0.2, -0.15) is 5.30 Å². The average Bonchev–Trinajstić information content (AvgIpc) is 2.05. The molecule has 1 nitrogen and oxygen atoms in total. The van der Waals surface area contributed by atoms with Gasteiger partial charge in [0, 0.05) is 6.61 Å². The molecule has 1 rings (SSSR count). The minimum absolute atomic E-state index is 0. The van der Waals surface area contributed by atoms with Gasteiger partial charge in [0.05, 0.1) is 0 Å². The van der Waals surface area contributed by atoms with E-state index in [4.69, 9.17) is 4.52 Å². The van der Waals surface area contributed by atoms with Crippen LogP contribution in [0.5, 0.6) is 0 Å². The molecule has 1 aromatic carbocycles. The fourth-order valence-corrected chi connectivity index (χ4v) is 1.57. The van der Waals surface area contributed by atoms with Crippen molar-refractivity contribution in [1.29, 1.82) is 0 Å². The Labute approximate surface area is 94.3 Å². The van der Waals surface area contributed by atoms with E-state index >= 15 is 0 Å². The third kappa shape index (κ3) is 6.30. The van der Waals surface area contributed by atoms with Crippen LogP contribution in [0, 0.1) is 5.92 Å². The molecule has 0 N–H and O–H groups in total. The van der Waals surface area contributed by atoms with E-state index in [0.29, 0.717) is 5.92 Å². The second kappa shape index (κ2) is 7.60. The zero-order valence-corrected chi connectivity index (χ0v) is 9.42. The van der Waals surface area contributed by atoms with Crippen LogP contribution >= 0.6 is 8.81 Å². The van der Waals surface area contributed by atoms with E-state index in [1.165, 1.54) is 5.30 Å². The van der Waals surface area contributed by atoms with Gasteiger partial charge in [-0.25, -0.2) is 0 Å². The molecule has 0 heterocycles. The number of benzene rings is 1. The van der Waals surface area contributed by atoms with Crippen LogP contribution in [0.25, 0.3) is 0 Å². The molecule has 0 radical (unpaired) electrons. The van der Waals surface area contributed by atoms with E-state index in [9.17, 15) is 0 Å². The maximum Gasteiger partial charge on any atom is 1.00 e. The Balaban J connectivity index is 0.00000144. The van der Waals surface area contributed by atoms with Crippen molar-refractivity contribution in [2.24, 2.45) is 5.92 Å². The summed E-state index contributed by atoms with van der Waals surface area (Å²) in [4.78, 5) is 0. The SMILES string of the molecule is CC(C)CO[P-]c1ccccc1.[Li+]. The van der Waals surface area contributed by atoms with Crippen LogP contribution in [0.2, 0.25) is 0 Å². The van der Waals surface area contributed by atoms with E-state index in [-0.39, 0.29) is 18.9 Å². The van der Waals surface area contributed by atoms with Gasteiger partial charge < -0.3 is 13.3 Å². The fraction of sp³-hybridized carbons (Fsp3) is 0.400. The minimum atomic E-state index is 0. The summed E-state index contributed by atoms with van der Waals surface area (Å²) >= 11 is 0. The summed E-state index contributed by atoms with van der Waals surface area (Å²) in [6.07, 6.45) is 0. The Morgan fingerprint density at radius 2 is 1.85 bits per heavy atom. The number of rotatable bonds is 4. The maximum atomic E-state index is 5.45. The Morgan fingerprint density at radius 3 is 2.38 bits per heavy atom. The van der Waals surface area contributed by atoms with Crippen LogP contribution in [0.1, 0.15) is 13.8 Å². The molecule has 0 aliphatic rings. The van der Waals surface area contributed by atoms with Crippen molar-refractivity contribution < 1.29 is 23.4 Å². The van der Waals surface area contributed by atoms with E-state index < -0.39 is 0 Å². The van der Waals surface area contributed by atoms with Crippen molar-refractivity contribution in [3.05, 3.63) is 30.3 Å². The molecule has 0 bridgehead atoms. The van der Waals surface area contributed by atoms with Crippen LogP contribution in [0.4, 0.5) is 0 Å². The molecule has 0 spiro atoms. The monoisotopic (exact) mass is 188 g/mol. The van der Waals surface area contributed by atoms with Crippen LogP contribution in [0.15, 0.2) is 30.3 Å². The number of hydrogen-bond donors (Lipinski definition) is 0. The summed E-state index contributed by atoms with van der Waals surface area (Å²) in [6, 6.07) is 10.2. The van der Waals surface area contributed by atoms with Gasteiger partial charge in [0.2, 0.25) is 0 Å². The zero-order chi connectivity index (χ0) is 8.81. The smallest absolute Gasteiger partial charge is 0.553 e. The second-order valence-corrected chi connectivity index (χ2v) is 4.07. The molecule has 0 aliphatic carbocycles. The van der Waals surface area contributed by atoms with Gasteiger partial charge in [0.15, 0.2) is 0 Å². The second-order valence-electron chi connectivity index (χ2n) is 3.12. The molecule has 0 amide bonds. The molecular weight excluding hydrogens is 174 g/mol. The quantitative estimate of drug-likeness (QED) is 0.471. The van der Waals surface area contributed by atoms with Crippen LogP contribution in [0.3, 0.4) is 0 Å². The van der Waals surface area contributed by atoms with E-state index in [1.807, 2.05) is 18.2 Å². The maximum absolute atomic E-state index is 5.45. The summed E-state index contributed by atoms with van der Waals surface area (Å²) in [6.45, 7) is 5.14. The predicted molar refractivity (Wildman–Crippen MR) is 53.8 cm³/mol. The van der Waals surface area contributed by atoms with E-state index in [0.717, 1.165) is 15.4 Å². The molecular formula is C10H14LiOP. The van der Waals surface area contributed by atoms with Gasteiger partial charge in [0.1, 0.15) is 0 Å². The average molecular weight is 188 g/mol. The minimum Gasteiger partial charge on any atom is -0.553 e. The van der Waals surface area contributed by atoms with Crippen molar-refractivity contribution in [1.82, 2.24) is 0 Å². The van der Waals surface area contributed by atoms with Crippen LogP contribution in [-0.2, 0) is 4.52 Å². The first-order valence-corrected chi connectivity index (χ1v) is 4.98. The molecule has 3 heteroatoms. The molecule has 0 saturated carbocycles. The molecule has 66 valence electrons. The van der Waals surface area contributed by atoms with Crippen molar-refractivity contribution in [3.8, 4) is 0 Å². The molecule has 0 fully saturated rings. The van der Waals surface area contributed by atoms with Gasteiger partial charge in [-0.15, -0.1) is 0 Å². The molecule has 0 saturated heterocycles. The summed E-state index contributed by atoms with van der Waals surface area (Å²) in [5.74, 6) is 0.612. The van der Waals surface area contributed by atoms with Crippen molar-refractivity contribution >= 4 is 14.1 Å². The predicted octanol–water partition coefficient (Wildman–Crippen LogP) is -0.150. The first-order valence-electron chi connectivity index (χ1n) is 4.17. The molecule has 1 aromatic rings. The molecule has 0 atom stereocenters. The van der Waals surface area contributed by atoms with Gasteiger partial charge >= 0.3 is 18.9 Å². The standard InChI is InChI=1S/C10H14OP.Li/c1-9(2)8-11-12-10-6-4-3-5-7-10;/h3-7,9H,8H2,1-2H3;/q-1;+1. The van der Waals surface area contributed by atoms with Crippen molar-refractivity contribution in [3.63, 3.8) is 0 Å². The molecule has 0 unspecified atom stereocenters. The Morgan fingerprint density at radius 1 is 1.23 bits per heavy atom. The Bertz CT molecular complexity index is 213. The van der Waals surface area contributed by atoms with Gasteiger partial charge in [-0.05, 0) is 5.92 Å². The first-order chi connectivity index (χ1) is 5.79. The Kier molecular flexibility index (Phi) is 7.72. The molecule has 13 heavy (non-hydrogen) atoms. The van der Waals surface area contributed by atoms with Crippen LogP contribution < -0.4 is 24.2 Å². The van der Waals surface area contributed by atoms with Gasteiger partial charge in [-0.3, -0.25) is 0 Å². The van der Waals surface area contributed by atoms with Crippen molar-refractivity contribution in [2.45, 2.75) is 13.8 Å². The third-order valence-corrected chi connectivity index (χ3v) is 2.12. The topological polar surface area (TPSA) is 9.23 Å². The largest absolute Gasteiger partial charge is 1.00 e. The van der Waals surface area contributed by atoms with Crippen molar-refractivity contribution in [2.75, 3.05) is 6.61 Å². The third-order valence-electron chi connectivity index (χ3n) is 1.33. The molecule has 0 aromatic heterocycles. The molecule has 0 aliphatic heterocycles.